The van der Waals surface area contributed by atoms with Crippen LogP contribution in [0.1, 0.15) is 0 Å². The minimum atomic E-state index is -4.58. The molecule has 0 saturated carbocycles. The van der Waals surface area contributed by atoms with E-state index in [0.717, 1.165) is 0 Å². The van der Waals surface area contributed by atoms with Gasteiger partial charge in [0.25, 0.3) is 0 Å². The van der Waals surface area contributed by atoms with Crippen molar-refractivity contribution >= 4 is 5.69 Å². The molecule has 1 aromatic carbocycles. The summed E-state index contributed by atoms with van der Waals surface area (Å²) in [7, 11) is 0. The zero-order valence-electron chi connectivity index (χ0n) is 9.55. The Labute approximate surface area is 107 Å². The fourth-order valence-corrected chi connectivity index (χ4v) is 1.20. The highest BCUT2D eigenvalue weighted by Gasteiger charge is 2.28. The first-order valence-corrected chi connectivity index (χ1v) is 5.05. The molecule has 0 aliphatic rings. The lowest BCUT2D eigenvalue weighted by Crippen LogP contribution is -2.21. The number of ether oxygens (including phenoxy) is 1. The molecule has 0 radical (unpaired) electrons. The third kappa shape index (κ3) is 3.95. The van der Waals surface area contributed by atoms with Crippen LogP contribution in [-0.2, 0) is 4.74 Å². The number of hydrogen-bond donors (Lipinski definition) is 1. The average Bonchev–Trinajstić information content (AvgIpc) is 2.36. The Morgan fingerprint density at radius 2 is 1.25 bits per heavy atom. The molecule has 0 atom stereocenters. The summed E-state index contributed by atoms with van der Waals surface area (Å²) in [6.45, 7) is -2.81. The molecule has 0 amide bonds. The molecule has 1 aromatic rings. The minimum Gasteiger partial charge on any atom is -0.378 e. The van der Waals surface area contributed by atoms with Gasteiger partial charge in [-0.1, -0.05) is 0 Å². The summed E-state index contributed by atoms with van der Waals surface area (Å²) in [4.78, 5) is 0. The average molecular weight is 309 g/mol. The minimum absolute atomic E-state index is 0.575. The summed E-state index contributed by atoms with van der Waals surface area (Å²) in [5, 5.41) is 1.79. The largest absolute Gasteiger partial charge is 0.411 e. The van der Waals surface area contributed by atoms with Crippen LogP contribution >= 0.6 is 0 Å². The summed E-state index contributed by atoms with van der Waals surface area (Å²) in [5.74, 6) is -10.8. The highest BCUT2D eigenvalue weighted by Crippen LogP contribution is 2.26. The van der Waals surface area contributed by atoms with E-state index in [-0.39, 0.29) is 0 Å². The lowest BCUT2D eigenvalue weighted by Gasteiger charge is -2.11. The van der Waals surface area contributed by atoms with Gasteiger partial charge >= 0.3 is 6.18 Å². The molecule has 0 aliphatic carbocycles. The van der Waals surface area contributed by atoms with E-state index in [2.05, 4.69) is 4.74 Å². The second-order valence-electron chi connectivity index (χ2n) is 3.54. The topological polar surface area (TPSA) is 21.3 Å². The van der Waals surface area contributed by atoms with Crippen LogP contribution in [0.15, 0.2) is 0 Å². The number of nitrogens with one attached hydrogen (secondary N) is 1. The summed E-state index contributed by atoms with van der Waals surface area (Å²) in [6, 6.07) is 0. The Morgan fingerprint density at radius 1 is 0.800 bits per heavy atom. The fourth-order valence-electron chi connectivity index (χ4n) is 1.20. The normalized spacial score (nSPS) is 11.8. The Bertz CT molecular complexity index is 458. The molecule has 0 aliphatic heterocycles. The standard InChI is InChI=1S/C10H7F8NO/c11-4-5(12)7(14)9(8(15)6(4)13)19-1-2-20-3-10(16,17)18/h19H,1-3H2. The molecule has 0 heterocycles. The first-order chi connectivity index (χ1) is 9.15. The van der Waals surface area contributed by atoms with Crippen molar-refractivity contribution in [3.05, 3.63) is 29.1 Å². The van der Waals surface area contributed by atoms with Crippen molar-refractivity contribution in [3.63, 3.8) is 0 Å². The lowest BCUT2D eigenvalue weighted by molar-refractivity contribution is -0.172. The lowest BCUT2D eigenvalue weighted by atomic mass is 10.2. The third-order valence-corrected chi connectivity index (χ3v) is 2.02. The number of halogens is 8. The molecule has 0 unspecified atom stereocenters. The molecule has 0 aromatic heterocycles. The van der Waals surface area contributed by atoms with Crippen molar-refractivity contribution in [2.24, 2.45) is 0 Å². The van der Waals surface area contributed by atoms with Gasteiger partial charge < -0.3 is 10.1 Å². The smallest absolute Gasteiger partial charge is 0.378 e. The van der Waals surface area contributed by atoms with Crippen molar-refractivity contribution in [1.82, 2.24) is 0 Å². The predicted molar refractivity (Wildman–Crippen MR) is 51.6 cm³/mol. The summed E-state index contributed by atoms with van der Waals surface area (Å²) in [6.07, 6.45) is -4.58. The van der Waals surface area contributed by atoms with Crippen LogP contribution in [0.25, 0.3) is 0 Å². The Morgan fingerprint density at radius 3 is 1.70 bits per heavy atom. The molecule has 1 rings (SSSR count). The quantitative estimate of drug-likeness (QED) is 0.390. The molecule has 0 bridgehead atoms. The van der Waals surface area contributed by atoms with Crippen LogP contribution in [0, 0.1) is 29.1 Å². The van der Waals surface area contributed by atoms with E-state index in [0.29, 0.717) is 0 Å². The first-order valence-electron chi connectivity index (χ1n) is 5.05. The van der Waals surface area contributed by atoms with Crippen LogP contribution in [0.3, 0.4) is 0 Å². The van der Waals surface area contributed by atoms with E-state index >= 15 is 0 Å². The summed E-state index contributed by atoms with van der Waals surface area (Å²) in [5.41, 5.74) is -1.32. The van der Waals surface area contributed by atoms with Crippen molar-refractivity contribution < 1.29 is 39.9 Å². The Hall–Kier alpha value is -1.58. The van der Waals surface area contributed by atoms with Gasteiger partial charge in [0.05, 0.1) is 6.61 Å². The fraction of sp³-hybridized carbons (Fsp3) is 0.400. The number of rotatable bonds is 5. The van der Waals surface area contributed by atoms with Crippen LogP contribution < -0.4 is 5.32 Å². The molecule has 2 nitrogen and oxygen atoms in total. The third-order valence-electron chi connectivity index (χ3n) is 2.02. The molecule has 0 fully saturated rings. The predicted octanol–water partition coefficient (Wildman–Crippen LogP) is 3.37. The van der Waals surface area contributed by atoms with Crippen LogP contribution in [0.5, 0.6) is 0 Å². The monoisotopic (exact) mass is 309 g/mol. The maximum Gasteiger partial charge on any atom is 0.411 e. The second-order valence-corrected chi connectivity index (χ2v) is 3.54. The SMILES string of the molecule is Fc1c(F)c(F)c(NCCOCC(F)(F)F)c(F)c1F. The van der Waals surface area contributed by atoms with Crippen LogP contribution in [-0.4, -0.2) is 25.9 Å². The Kier molecular flexibility index (Phi) is 5.15. The van der Waals surface area contributed by atoms with Gasteiger partial charge in [-0.25, -0.2) is 22.0 Å². The zero-order chi connectivity index (χ0) is 15.5. The first kappa shape index (κ1) is 16.5. The van der Waals surface area contributed by atoms with Crippen molar-refractivity contribution in [1.29, 1.82) is 0 Å². The summed E-state index contributed by atoms with van der Waals surface area (Å²) < 4.78 is 103. The second kappa shape index (κ2) is 6.25. The van der Waals surface area contributed by atoms with Gasteiger partial charge in [0.2, 0.25) is 5.82 Å². The van der Waals surface area contributed by atoms with E-state index in [1.165, 1.54) is 0 Å². The van der Waals surface area contributed by atoms with E-state index in [1.807, 2.05) is 0 Å². The zero-order valence-corrected chi connectivity index (χ0v) is 9.55. The van der Waals surface area contributed by atoms with E-state index in [9.17, 15) is 35.1 Å². The van der Waals surface area contributed by atoms with Crippen molar-refractivity contribution in [2.75, 3.05) is 25.1 Å². The molecular formula is C10H7F8NO. The van der Waals surface area contributed by atoms with E-state index in [4.69, 9.17) is 0 Å². The number of alkyl halides is 3. The molecule has 0 saturated heterocycles. The van der Waals surface area contributed by atoms with Gasteiger partial charge in [0.15, 0.2) is 23.3 Å². The Balaban J connectivity index is 2.66. The van der Waals surface area contributed by atoms with Crippen LogP contribution in [0.2, 0.25) is 0 Å². The highest BCUT2D eigenvalue weighted by molar-refractivity contribution is 5.47. The van der Waals surface area contributed by atoms with Crippen molar-refractivity contribution in [3.8, 4) is 0 Å². The highest BCUT2D eigenvalue weighted by atomic mass is 19.4. The molecule has 20 heavy (non-hydrogen) atoms. The van der Waals surface area contributed by atoms with Gasteiger partial charge in [-0.15, -0.1) is 0 Å². The van der Waals surface area contributed by atoms with Crippen LogP contribution in [0.4, 0.5) is 40.8 Å². The van der Waals surface area contributed by atoms with Gasteiger partial charge in [-0.3, -0.25) is 0 Å². The van der Waals surface area contributed by atoms with Gasteiger partial charge in [-0.2, -0.15) is 13.2 Å². The van der Waals surface area contributed by atoms with E-state index in [1.54, 1.807) is 5.32 Å². The van der Waals surface area contributed by atoms with Crippen molar-refractivity contribution in [2.45, 2.75) is 6.18 Å². The molecular weight excluding hydrogens is 302 g/mol. The maximum atomic E-state index is 13.1. The number of hydrogen-bond acceptors (Lipinski definition) is 2. The maximum absolute atomic E-state index is 13.1. The molecule has 1 N–H and O–H groups in total. The number of benzene rings is 1. The van der Waals surface area contributed by atoms with Gasteiger partial charge in [-0.05, 0) is 0 Å². The van der Waals surface area contributed by atoms with Gasteiger partial charge in [0, 0.05) is 6.54 Å². The summed E-state index contributed by atoms with van der Waals surface area (Å²) >= 11 is 0. The van der Waals surface area contributed by atoms with Gasteiger partial charge in [0.1, 0.15) is 12.3 Å². The molecule has 114 valence electrons. The molecule has 0 spiro atoms. The molecule has 10 heteroatoms. The number of anilines is 1. The van der Waals surface area contributed by atoms with E-state index < -0.39 is 60.7 Å².